The molecule has 0 aliphatic heterocycles. The highest BCUT2D eigenvalue weighted by atomic mass is 16.3. The molecule has 1 aromatic carbocycles. The van der Waals surface area contributed by atoms with Crippen molar-refractivity contribution in [2.24, 2.45) is 0 Å². The quantitative estimate of drug-likeness (QED) is 0.359. The molecular weight excluding hydrogens is 408 g/mol. The number of aliphatic hydroxyl groups is 1. The summed E-state index contributed by atoms with van der Waals surface area (Å²) in [4.78, 5) is 9.17. The van der Waals surface area contributed by atoms with Gasteiger partial charge < -0.3 is 15.7 Å². The minimum absolute atomic E-state index is 0.0937. The maximum Gasteiger partial charge on any atom is 0.223 e. The summed E-state index contributed by atoms with van der Waals surface area (Å²) in [5.41, 5.74) is 4.52. The van der Waals surface area contributed by atoms with Crippen LogP contribution in [0, 0.1) is 6.92 Å². The zero-order valence-electron chi connectivity index (χ0n) is 21.7. The van der Waals surface area contributed by atoms with Crippen LogP contribution in [0.25, 0.3) is 11.3 Å². The smallest absolute Gasteiger partial charge is 0.223 e. The normalized spacial score (nSPS) is 15.2. The number of anilines is 1. The third-order valence-corrected chi connectivity index (χ3v) is 6.16. The molecule has 5 nitrogen and oxygen atoms in total. The molecule has 3 N–H and O–H groups in total. The second-order valence-corrected chi connectivity index (χ2v) is 9.02. The summed E-state index contributed by atoms with van der Waals surface area (Å²) >= 11 is 0. The number of hydrogen-bond donors (Lipinski definition) is 3. The van der Waals surface area contributed by atoms with E-state index in [2.05, 4.69) is 74.5 Å². The summed E-state index contributed by atoms with van der Waals surface area (Å²) in [5, 5.41) is 18.5. The number of hydrogen-bond acceptors (Lipinski definition) is 5. The first-order valence-electron chi connectivity index (χ1n) is 12.7. The third-order valence-electron chi connectivity index (χ3n) is 6.16. The molecule has 3 rings (SSSR count). The van der Waals surface area contributed by atoms with Gasteiger partial charge in [0.2, 0.25) is 5.95 Å². The molecule has 0 saturated heterocycles. The Morgan fingerprint density at radius 3 is 2.39 bits per heavy atom. The summed E-state index contributed by atoms with van der Waals surface area (Å²) < 4.78 is 0. The van der Waals surface area contributed by atoms with Gasteiger partial charge in [-0.15, -0.1) is 0 Å². The Morgan fingerprint density at radius 1 is 1.15 bits per heavy atom. The van der Waals surface area contributed by atoms with Gasteiger partial charge in [-0.2, -0.15) is 0 Å². The summed E-state index contributed by atoms with van der Waals surface area (Å²) in [7, 11) is 0. The molecule has 0 amide bonds. The summed E-state index contributed by atoms with van der Waals surface area (Å²) in [6.07, 6.45) is 7.64. The van der Waals surface area contributed by atoms with Crippen molar-refractivity contribution in [3.63, 3.8) is 0 Å². The first-order valence-corrected chi connectivity index (χ1v) is 12.7. The fourth-order valence-corrected chi connectivity index (χ4v) is 4.16. The van der Waals surface area contributed by atoms with E-state index in [1.807, 2.05) is 26.1 Å². The Kier molecular flexibility index (Phi) is 10.4. The minimum Gasteiger partial charge on any atom is -0.388 e. The van der Waals surface area contributed by atoms with Gasteiger partial charge in [-0.05, 0) is 69.7 Å². The van der Waals surface area contributed by atoms with Crippen LogP contribution in [0.3, 0.4) is 0 Å². The van der Waals surface area contributed by atoms with Crippen molar-refractivity contribution in [1.82, 2.24) is 15.3 Å². The van der Waals surface area contributed by atoms with Crippen molar-refractivity contribution in [2.75, 3.05) is 5.32 Å². The molecule has 1 atom stereocenters. The standard InChI is InChI=1S/C26H38N4O.C2H6/c1-6-14-26(31,15-7-2)20(5)28-24(21-10-8-9-18(3)17-21)19(4)23-13-16-27-25(30-23)29-22-11-12-22;1-2/h8-10,13,16-17,20,22,28,31H,6-7,11-12,14-15H2,1-5H3,(H,27,29,30);1-2H3/b24-19+;. The topological polar surface area (TPSA) is 70.1 Å². The average Bonchev–Trinajstić information content (AvgIpc) is 3.62. The predicted molar refractivity (Wildman–Crippen MR) is 141 cm³/mol. The lowest BCUT2D eigenvalue weighted by Gasteiger charge is -2.36. The lowest BCUT2D eigenvalue weighted by Crippen LogP contribution is -2.48. The number of aromatic nitrogens is 2. The second-order valence-electron chi connectivity index (χ2n) is 9.02. The fourth-order valence-electron chi connectivity index (χ4n) is 4.16. The number of allylic oxidation sites excluding steroid dienone is 1. The molecule has 1 aliphatic rings. The highest BCUT2D eigenvalue weighted by Gasteiger charge is 2.33. The van der Waals surface area contributed by atoms with Crippen LogP contribution in [0.2, 0.25) is 0 Å². The lowest BCUT2D eigenvalue weighted by atomic mass is 9.85. The number of rotatable bonds is 11. The maximum atomic E-state index is 11.4. The Hall–Kier alpha value is -2.40. The Labute approximate surface area is 201 Å². The van der Waals surface area contributed by atoms with Crippen LogP contribution in [0.5, 0.6) is 0 Å². The molecule has 1 aromatic heterocycles. The van der Waals surface area contributed by atoms with Crippen LogP contribution in [-0.4, -0.2) is 32.8 Å². The van der Waals surface area contributed by atoms with Crippen molar-refractivity contribution in [3.8, 4) is 0 Å². The van der Waals surface area contributed by atoms with Crippen molar-refractivity contribution in [3.05, 3.63) is 53.3 Å². The van der Waals surface area contributed by atoms with E-state index in [9.17, 15) is 5.11 Å². The monoisotopic (exact) mass is 452 g/mol. The second kappa shape index (κ2) is 12.7. The molecule has 0 bridgehead atoms. The van der Waals surface area contributed by atoms with Crippen molar-refractivity contribution in [1.29, 1.82) is 0 Å². The third kappa shape index (κ3) is 7.56. The molecule has 5 heteroatoms. The number of nitrogens with one attached hydrogen (secondary N) is 2. The molecule has 0 spiro atoms. The molecule has 1 unspecified atom stereocenters. The predicted octanol–water partition coefficient (Wildman–Crippen LogP) is 6.58. The van der Waals surface area contributed by atoms with E-state index >= 15 is 0 Å². The van der Waals surface area contributed by atoms with Gasteiger partial charge in [0.25, 0.3) is 0 Å². The summed E-state index contributed by atoms with van der Waals surface area (Å²) in [6, 6.07) is 10.9. The first kappa shape index (κ1) is 26.8. The van der Waals surface area contributed by atoms with E-state index in [1.54, 1.807) is 0 Å². The lowest BCUT2D eigenvalue weighted by molar-refractivity contribution is -0.00513. The van der Waals surface area contributed by atoms with Gasteiger partial charge in [-0.1, -0.05) is 64.3 Å². The average molecular weight is 453 g/mol. The van der Waals surface area contributed by atoms with Gasteiger partial charge in [0.05, 0.1) is 17.3 Å². The molecule has 33 heavy (non-hydrogen) atoms. The molecule has 0 radical (unpaired) electrons. The number of benzene rings is 1. The van der Waals surface area contributed by atoms with Gasteiger partial charge in [-0.25, -0.2) is 9.97 Å². The zero-order chi connectivity index (χ0) is 24.4. The van der Waals surface area contributed by atoms with Crippen LogP contribution in [0.15, 0.2) is 36.5 Å². The van der Waals surface area contributed by atoms with E-state index in [-0.39, 0.29) is 6.04 Å². The van der Waals surface area contributed by atoms with Gasteiger partial charge in [0.15, 0.2) is 0 Å². The highest BCUT2D eigenvalue weighted by Crippen LogP contribution is 2.30. The molecule has 1 aliphatic carbocycles. The van der Waals surface area contributed by atoms with Crippen molar-refractivity contribution in [2.45, 2.75) is 105 Å². The summed E-state index contributed by atoms with van der Waals surface area (Å²) in [5.74, 6) is 0.685. The number of aryl methyl sites for hydroxylation is 1. The molecule has 1 fully saturated rings. The van der Waals surface area contributed by atoms with E-state index in [0.717, 1.165) is 48.2 Å². The molecule has 2 aromatic rings. The van der Waals surface area contributed by atoms with E-state index in [0.29, 0.717) is 12.0 Å². The Bertz CT molecular complexity index is 898. The van der Waals surface area contributed by atoms with Gasteiger partial charge in [0, 0.05) is 17.9 Å². The van der Waals surface area contributed by atoms with Crippen LogP contribution >= 0.6 is 0 Å². The van der Waals surface area contributed by atoms with E-state index in [4.69, 9.17) is 4.98 Å². The molecule has 1 saturated carbocycles. The van der Waals surface area contributed by atoms with E-state index < -0.39 is 5.60 Å². The number of nitrogens with zero attached hydrogens (tertiary/aromatic N) is 2. The van der Waals surface area contributed by atoms with Crippen LogP contribution < -0.4 is 10.6 Å². The van der Waals surface area contributed by atoms with E-state index in [1.165, 1.54) is 18.4 Å². The zero-order valence-corrected chi connectivity index (χ0v) is 21.7. The summed E-state index contributed by atoms with van der Waals surface area (Å²) in [6.45, 7) is 14.6. The first-order chi connectivity index (χ1) is 15.9. The molecular formula is C28H44N4O. The largest absolute Gasteiger partial charge is 0.388 e. The van der Waals surface area contributed by atoms with Crippen molar-refractivity contribution < 1.29 is 5.11 Å². The molecule has 1 heterocycles. The molecule has 182 valence electrons. The van der Waals surface area contributed by atoms with Crippen LogP contribution in [-0.2, 0) is 0 Å². The van der Waals surface area contributed by atoms with Gasteiger partial charge in [0.1, 0.15) is 0 Å². The van der Waals surface area contributed by atoms with Crippen molar-refractivity contribution >= 4 is 17.2 Å². The fraction of sp³-hybridized carbons (Fsp3) is 0.571. The van der Waals surface area contributed by atoms with Crippen LogP contribution in [0.1, 0.15) is 96.9 Å². The Morgan fingerprint density at radius 2 is 1.82 bits per heavy atom. The highest BCUT2D eigenvalue weighted by molar-refractivity contribution is 5.88. The van der Waals surface area contributed by atoms with Gasteiger partial charge >= 0.3 is 0 Å². The van der Waals surface area contributed by atoms with Gasteiger partial charge in [-0.3, -0.25) is 0 Å². The SMILES string of the molecule is CC.CCCC(O)(CCC)C(C)N/C(=C(\C)c1ccnc(NC2CC2)n1)c1cccc(C)c1. The van der Waals surface area contributed by atoms with Crippen LogP contribution in [0.4, 0.5) is 5.95 Å². The Balaban J connectivity index is 0.00000187. The minimum atomic E-state index is -0.747. The maximum absolute atomic E-state index is 11.4.